The molecular formula is C10H19N5O3S. The fraction of sp³-hybridized carbons (Fsp3) is 0.700. The summed E-state index contributed by atoms with van der Waals surface area (Å²) in [5, 5.41) is 2.89. The second kappa shape index (κ2) is 6.50. The van der Waals surface area contributed by atoms with E-state index in [1.165, 1.54) is 6.26 Å². The van der Waals surface area contributed by atoms with E-state index in [0.29, 0.717) is 13.0 Å². The molecular weight excluding hydrogens is 270 g/mol. The van der Waals surface area contributed by atoms with Crippen molar-refractivity contribution in [2.45, 2.75) is 26.4 Å². The summed E-state index contributed by atoms with van der Waals surface area (Å²) in [5.74, 6) is 0.434. The Morgan fingerprint density at radius 2 is 2.00 bits per heavy atom. The monoisotopic (exact) mass is 289 g/mol. The second-order valence-corrected chi connectivity index (χ2v) is 6.64. The number of nitrogens with zero attached hydrogens (tertiary/aromatic N) is 3. The predicted octanol–water partition coefficient (Wildman–Crippen LogP) is 0.0876. The number of aromatic nitrogens is 3. The molecule has 1 rings (SSSR count). The lowest BCUT2D eigenvalue weighted by Gasteiger charge is -2.09. The van der Waals surface area contributed by atoms with Gasteiger partial charge in [-0.15, -0.1) is 0 Å². The maximum Gasteiger partial charge on any atom is 0.323 e. The third-order valence-electron chi connectivity index (χ3n) is 1.95. The minimum Gasteiger partial charge on any atom is -0.461 e. The van der Waals surface area contributed by atoms with Crippen molar-refractivity contribution in [3.05, 3.63) is 0 Å². The van der Waals surface area contributed by atoms with Crippen molar-refractivity contribution in [3.63, 3.8) is 0 Å². The summed E-state index contributed by atoms with van der Waals surface area (Å²) in [6.07, 6.45) is 1.59. The third-order valence-corrected chi connectivity index (χ3v) is 2.98. The summed E-state index contributed by atoms with van der Waals surface area (Å²) in [4.78, 5) is 11.8. The van der Waals surface area contributed by atoms with Gasteiger partial charge in [0, 0.05) is 12.8 Å². The van der Waals surface area contributed by atoms with Crippen LogP contribution in [0.4, 0.5) is 11.9 Å². The van der Waals surface area contributed by atoms with Gasteiger partial charge in [0.1, 0.15) is 9.84 Å². The van der Waals surface area contributed by atoms with Crippen LogP contribution >= 0.6 is 0 Å². The highest BCUT2D eigenvalue weighted by molar-refractivity contribution is 7.90. The van der Waals surface area contributed by atoms with E-state index >= 15 is 0 Å². The number of sulfone groups is 1. The maximum atomic E-state index is 11.0. The molecule has 0 fully saturated rings. The molecule has 1 heterocycles. The molecule has 0 radical (unpaired) electrons. The molecule has 0 aromatic carbocycles. The summed E-state index contributed by atoms with van der Waals surface area (Å²) in [7, 11) is -2.95. The van der Waals surface area contributed by atoms with E-state index < -0.39 is 9.84 Å². The fourth-order valence-electron chi connectivity index (χ4n) is 1.25. The Balaban J connectivity index is 2.56. The molecule has 19 heavy (non-hydrogen) atoms. The third kappa shape index (κ3) is 6.75. The van der Waals surface area contributed by atoms with Gasteiger partial charge < -0.3 is 15.8 Å². The summed E-state index contributed by atoms with van der Waals surface area (Å²) in [6, 6.07) is 0.146. The van der Waals surface area contributed by atoms with Crippen LogP contribution in [-0.2, 0) is 9.84 Å². The van der Waals surface area contributed by atoms with Crippen LogP contribution < -0.4 is 15.8 Å². The number of nitrogen functional groups attached to an aromatic ring is 1. The van der Waals surface area contributed by atoms with Crippen molar-refractivity contribution in [1.29, 1.82) is 0 Å². The second-order valence-electron chi connectivity index (χ2n) is 4.38. The van der Waals surface area contributed by atoms with Crippen molar-refractivity contribution in [2.24, 2.45) is 0 Å². The molecule has 0 unspecified atom stereocenters. The van der Waals surface area contributed by atoms with Crippen LogP contribution in [0, 0.1) is 0 Å². The van der Waals surface area contributed by atoms with Gasteiger partial charge in [0.15, 0.2) is 0 Å². The van der Waals surface area contributed by atoms with Crippen molar-refractivity contribution in [3.8, 4) is 6.01 Å². The van der Waals surface area contributed by atoms with Crippen molar-refractivity contribution >= 4 is 21.7 Å². The maximum absolute atomic E-state index is 11.0. The molecule has 0 aliphatic heterocycles. The highest BCUT2D eigenvalue weighted by atomic mass is 32.2. The number of rotatable bonds is 7. The molecule has 1 aromatic heterocycles. The average molecular weight is 289 g/mol. The smallest absolute Gasteiger partial charge is 0.323 e. The van der Waals surface area contributed by atoms with E-state index in [9.17, 15) is 8.42 Å². The van der Waals surface area contributed by atoms with Crippen molar-refractivity contribution in [1.82, 2.24) is 15.0 Å². The number of nitrogens with one attached hydrogen (secondary N) is 1. The molecule has 9 heteroatoms. The fourth-order valence-corrected chi connectivity index (χ4v) is 1.92. The van der Waals surface area contributed by atoms with E-state index in [0.717, 1.165) is 0 Å². The standard InChI is InChI=1S/C10H19N5O3S/c1-7(2)18-10-14-8(11)13-9(15-10)12-5-4-6-19(3,16)17/h7H,4-6H2,1-3H3,(H3,11,12,13,14,15). The first-order valence-corrected chi connectivity index (χ1v) is 7.92. The van der Waals surface area contributed by atoms with Gasteiger partial charge in [-0.3, -0.25) is 0 Å². The normalized spacial score (nSPS) is 11.6. The Kier molecular flexibility index (Phi) is 5.28. The van der Waals surface area contributed by atoms with Crippen LogP contribution in [0.25, 0.3) is 0 Å². The molecule has 0 atom stereocenters. The van der Waals surface area contributed by atoms with Gasteiger partial charge in [-0.1, -0.05) is 0 Å². The predicted molar refractivity (Wildman–Crippen MR) is 72.8 cm³/mol. The number of nitrogens with two attached hydrogens (primary N) is 1. The molecule has 0 saturated heterocycles. The number of anilines is 2. The summed E-state index contributed by atoms with van der Waals surface area (Å²) in [5.41, 5.74) is 5.53. The number of ether oxygens (including phenoxy) is 1. The van der Waals surface area contributed by atoms with Crippen molar-refractivity contribution < 1.29 is 13.2 Å². The van der Waals surface area contributed by atoms with Crippen LogP contribution in [-0.4, -0.2) is 48.0 Å². The number of hydrogen-bond donors (Lipinski definition) is 2. The van der Waals surface area contributed by atoms with E-state index in [1.54, 1.807) is 0 Å². The van der Waals surface area contributed by atoms with E-state index in [1.807, 2.05) is 13.8 Å². The zero-order valence-electron chi connectivity index (χ0n) is 11.3. The average Bonchev–Trinajstić information content (AvgIpc) is 2.21. The lowest BCUT2D eigenvalue weighted by molar-refractivity contribution is 0.222. The molecule has 3 N–H and O–H groups in total. The Morgan fingerprint density at radius 3 is 2.58 bits per heavy atom. The summed E-state index contributed by atoms with van der Waals surface area (Å²) in [6.45, 7) is 4.12. The van der Waals surface area contributed by atoms with Gasteiger partial charge in [0.2, 0.25) is 11.9 Å². The van der Waals surface area contributed by atoms with Gasteiger partial charge in [-0.2, -0.15) is 15.0 Å². The first kappa shape index (κ1) is 15.4. The number of hydrogen-bond acceptors (Lipinski definition) is 8. The Bertz CT molecular complexity index is 518. The molecule has 0 bridgehead atoms. The summed E-state index contributed by atoms with van der Waals surface area (Å²) >= 11 is 0. The Hall–Kier alpha value is -1.64. The molecule has 108 valence electrons. The van der Waals surface area contributed by atoms with Gasteiger partial charge in [-0.25, -0.2) is 8.42 Å². The molecule has 0 saturated carbocycles. The zero-order chi connectivity index (χ0) is 14.5. The highest BCUT2D eigenvalue weighted by Gasteiger charge is 2.07. The van der Waals surface area contributed by atoms with E-state index in [-0.39, 0.29) is 29.8 Å². The minimum atomic E-state index is -2.95. The highest BCUT2D eigenvalue weighted by Crippen LogP contribution is 2.10. The van der Waals surface area contributed by atoms with Gasteiger partial charge in [-0.05, 0) is 20.3 Å². The van der Waals surface area contributed by atoms with Crippen LogP contribution in [0.1, 0.15) is 20.3 Å². The molecule has 8 nitrogen and oxygen atoms in total. The largest absolute Gasteiger partial charge is 0.461 e. The van der Waals surface area contributed by atoms with Gasteiger partial charge in [0.25, 0.3) is 0 Å². The molecule has 0 amide bonds. The Labute approximate surface area is 112 Å². The zero-order valence-corrected chi connectivity index (χ0v) is 12.1. The minimum absolute atomic E-state index is 0.0521. The van der Waals surface area contributed by atoms with Crippen molar-refractivity contribution in [2.75, 3.05) is 29.6 Å². The lowest BCUT2D eigenvalue weighted by Crippen LogP contribution is -2.14. The van der Waals surface area contributed by atoms with Crippen LogP contribution in [0.3, 0.4) is 0 Å². The van der Waals surface area contributed by atoms with Crippen LogP contribution in [0.5, 0.6) is 6.01 Å². The molecule has 0 spiro atoms. The summed E-state index contributed by atoms with van der Waals surface area (Å²) < 4.78 is 27.2. The quantitative estimate of drug-likeness (QED) is 0.677. The lowest BCUT2D eigenvalue weighted by atomic mass is 10.5. The molecule has 0 aliphatic carbocycles. The molecule has 0 aliphatic rings. The topological polar surface area (TPSA) is 120 Å². The Morgan fingerprint density at radius 1 is 1.32 bits per heavy atom. The van der Waals surface area contributed by atoms with Gasteiger partial charge in [0.05, 0.1) is 11.9 Å². The SMILES string of the molecule is CC(C)Oc1nc(N)nc(NCCCS(C)(=O)=O)n1. The van der Waals surface area contributed by atoms with Gasteiger partial charge >= 0.3 is 6.01 Å². The van der Waals surface area contributed by atoms with Crippen LogP contribution in [0.15, 0.2) is 0 Å². The van der Waals surface area contributed by atoms with E-state index in [2.05, 4.69) is 20.3 Å². The van der Waals surface area contributed by atoms with E-state index in [4.69, 9.17) is 10.5 Å². The first-order chi connectivity index (χ1) is 8.76. The molecule has 1 aromatic rings. The van der Waals surface area contributed by atoms with Crippen LogP contribution in [0.2, 0.25) is 0 Å². The first-order valence-electron chi connectivity index (χ1n) is 5.86.